The fraction of sp³-hybridized carbons (Fsp3) is 0.400. The highest BCUT2D eigenvalue weighted by atomic mass is 32.1. The van der Waals surface area contributed by atoms with Gasteiger partial charge < -0.3 is 25.4 Å². The van der Waals surface area contributed by atoms with Crippen molar-refractivity contribution < 1.29 is 19.4 Å². The number of anilines is 1. The number of ether oxygens (including phenoxy) is 1. The molecule has 0 bridgehead atoms. The molecule has 0 spiro atoms. The Labute approximate surface area is 167 Å². The smallest absolute Gasteiger partial charge is 0.208 e. The number of rotatable bonds is 4. The summed E-state index contributed by atoms with van der Waals surface area (Å²) in [5.74, 6) is -1.04. The molecule has 8 heteroatoms. The van der Waals surface area contributed by atoms with E-state index >= 15 is 0 Å². The zero-order valence-electron chi connectivity index (χ0n) is 15.5. The van der Waals surface area contributed by atoms with Gasteiger partial charge in [0.25, 0.3) is 0 Å². The average Bonchev–Trinajstić information content (AvgIpc) is 3.30. The Morgan fingerprint density at radius 1 is 1.32 bits per heavy atom. The van der Waals surface area contributed by atoms with E-state index < -0.39 is 11.6 Å². The summed E-state index contributed by atoms with van der Waals surface area (Å²) in [5, 5.41) is 16.6. The molecule has 1 aliphatic carbocycles. The van der Waals surface area contributed by atoms with Gasteiger partial charge in [0.1, 0.15) is 0 Å². The van der Waals surface area contributed by atoms with Crippen LogP contribution in [0.15, 0.2) is 51.7 Å². The third-order valence-electron chi connectivity index (χ3n) is 6.35. The van der Waals surface area contributed by atoms with Crippen molar-refractivity contribution in [1.29, 1.82) is 0 Å². The van der Waals surface area contributed by atoms with Gasteiger partial charge in [0.15, 0.2) is 5.72 Å². The van der Waals surface area contributed by atoms with Gasteiger partial charge in [0.05, 0.1) is 30.0 Å². The minimum Gasteiger partial charge on any atom is -0.396 e. The minimum absolute atomic E-state index is 0.000460. The van der Waals surface area contributed by atoms with Crippen molar-refractivity contribution in [3.8, 4) is 0 Å². The largest absolute Gasteiger partial charge is 0.396 e. The summed E-state index contributed by atoms with van der Waals surface area (Å²) >= 11 is 4.27. The number of fused-ring (bicyclic) bond motifs is 4. The highest BCUT2D eigenvalue weighted by Gasteiger charge is 2.72. The Bertz CT molecular complexity index is 970. The Morgan fingerprint density at radius 3 is 2.68 bits per heavy atom. The molecular formula is C20H21N3O4S. The first-order valence-electron chi connectivity index (χ1n) is 9.24. The number of aliphatic hydroxyl groups excluding tert-OH is 1. The number of allylic oxidation sites excluding steroid dienone is 2. The van der Waals surface area contributed by atoms with Crippen LogP contribution in [-0.2, 0) is 14.3 Å². The van der Waals surface area contributed by atoms with E-state index in [9.17, 15) is 14.7 Å². The van der Waals surface area contributed by atoms with E-state index in [1.165, 1.54) is 0 Å². The summed E-state index contributed by atoms with van der Waals surface area (Å²) in [6.45, 7) is 1.98. The van der Waals surface area contributed by atoms with Gasteiger partial charge in [-0.1, -0.05) is 0 Å². The Hall–Kier alpha value is -2.13. The van der Waals surface area contributed by atoms with Gasteiger partial charge in [-0.15, -0.1) is 12.6 Å². The van der Waals surface area contributed by atoms with Crippen molar-refractivity contribution in [1.82, 2.24) is 10.2 Å². The zero-order valence-corrected chi connectivity index (χ0v) is 16.4. The number of ketones is 2. The fourth-order valence-corrected chi connectivity index (χ4v) is 5.13. The number of piperazine rings is 1. The Kier molecular flexibility index (Phi) is 3.80. The first-order valence-corrected chi connectivity index (χ1v) is 9.69. The summed E-state index contributed by atoms with van der Waals surface area (Å²) in [4.78, 5) is 29.4. The van der Waals surface area contributed by atoms with Crippen LogP contribution in [0.4, 0.5) is 5.69 Å². The van der Waals surface area contributed by atoms with Gasteiger partial charge in [-0.3, -0.25) is 9.59 Å². The maximum Gasteiger partial charge on any atom is 0.208 e. The number of aliphatic hydroxyl groups is 1. The number of Topliss-reactive ketones (excluding diaryl/α,β-unsaturated/α-hetero) is 2. The van der Waals surface area contributed by atoms with Crippen molar-refractivity contribution >= 4 is 29.9 Å². The lowest BCUT2D eigenvalue weighted by atomic mass is 9.82. The molecule has 28 heavy (non-hydrogen) atoms. The van der Waals surface area contributed by atoms with Gasteiger partial charge in [0.2, 0.25) is 11.6 Å². The number of hydrogen-bond acceptors (Lipinski definition) is 8. The minimum atomic E-state index is -0.890. The van der Waals surface area contributed by atoms with E-state index in [2.05, 4.69) is 23.3 Å². The lowest BCUT2D eigenvalue weighted by molar-refractivity contribution is -0.137. The Balaban J connectivity index is 1.57. The van der Waals surface area contributed by atoms with E-state index in [-0.39, 0.29) is 36.0 Å². The molecule has 7 nitrogen and oxygen atoms in total. The number of carbonyl (C=O) groups excluding carboxylic acids is 2. The summed E-state index contributed by atoms with van der Waals surface area (Å²) in [5.41, 5.74) is 1.16. The number of thiol groups is 1. The number of carbonyl (C=O) groups is 2. The van der Waals surface area contributed by atoms with Crippen LogP contribution >= 0.6 is 12.6 Å². The number of methoxy groups -OCH3 is 1. The molecule has 0 saturated carbocycles. The van der Waals surface area contributed by atoms with Crippen LogP contribution < -0.4 is 10.6 Å². The number of benzene rings is 1. The van der Waals surface area contributed by atoms with Crippen LogP contribution in [0.2, 0.25) is 0 Å². The molecule has 3 heterocycles. The lowest BCUT2D eigenvalue weighted by Crippen LogP contribution is -2.54. The number of nitrogens with one attached hydrogen (secondary N) is 2. The van der Waals surface area contributed by atoms with Gasteiger partial charge in [0, 0.05) is 41.4 Å². The molecular weight excluding hydrogens is 378 g/mol. The van der Waals surface area contributed by atoms with Gasteiger partial charge in [-0.25, -0.2) is 0 Å². The summed E-state index contributed by atoms with van der Waals surface area (Å²) < 4.78 is 5.88. The monoisotopic (exact) mass is 399 g/mol. The molecule has 3 aliphatic heterocycles. The topological polar surface area (TPSA) is 101 Å². The highest BCUT2D eigenvalue weighted by Crippen LogP contribution is 2.55. The molecule has 0 amide bonds. The zero-order chi connectivity index (χ0) is 19.8. The van der Waals surface area contributed by atoms with Gasteiger partial charge >= 0.3 is 0 Å². The summed E-state index contributed by atoms with van der Waals surface area (Å²) in [7, 11) is 1.57. The average molecular weight is 399 g/mol. The molecule has 0 aromatic heterocycles. The lowest BCUT2D eigenvalue weighted by Gasteiger charge is -2.39. The molecule has 4 atom stereocenters. The molecule has 4 unspecified atom stereocenters. The second kappa shape index (κ2) is 5.93. The van der Waals surface area contributed by atoms with Gasteiger partial charge in [-0.05, 0) is 31.2 Å². The van der Waals surface area contributed by atoms with Crippen LogP contribution in [0.5, 0.6) is 0 Å². The third-order valence-corrected chi connectivity index (χ3v) is 6.65. The van der Waals surface area contributed by atoms with Crippen LogP contribution in [0.3, 0.4) is 0 Å². The third kappa shape index (κ3) is 2.11. The molecule has 1 aromatic carbocycles. The van der Waals surface area contributed by atoms with Gasteiger partial charge in [-0.2, -0.15) is 0 Å². The van der Waals surface area contributed by atoms with E-state index in [4.69, 9.17) is 4.74 Å². The molecule has 1 aromatic rings. The normalized spacial score (nSPS) is 33.3. The first kappa shape index (κ1) is 17.9. The van der Waals surface area contributed by atoms with Crippen LogP contribution in [0, 0.1) is 5.92 Å². The van der Waals surface area contributed by atoms with Crippen molar-refractivity contribution in [2.24, 2.45) is 5.92 Å². The van der Waals surface area contributed by atoms with Crippen molar-refractivity contribution in [3.05, 3.63) is 46.8 Å². The molecule has 5 rings (SSSR count). The van der Waals surface area contributed by atoms with Crippen molar-refractivity contribution in [2.45, 2.75) is 29.6 Å². The SMILES string of the molecule is COC12C(CO)C3=C(C(=O)C(C)=C(Nc4ccc(S)cc4)C3=O)N1CC1NC12. The standard InChI is InChI=1S/C20H21N3O4S/c1-9-15(21-10-3-5-11(28)6-4-10)18(26)14-12(8-24)20(27-2)19-13(22-19)7-23(20)16(14)17(9)25/h3-6,12-13,19,21-22,24,28H,7-8H2,1-2H3. The second-order valence-corrected chi connectivity index (χ2v) is 8.16. The quantitative estimate of drug-likeness (QED) is 0.336. The predicted octanol–water partition coefficient (Wildman–Crippen LogP) is 0.688. The molecule has 0 radical (unpaired) electrons. The van der Waals surface area contributed by atoms with E-state index in [1.54, 1.807) is 26.2 Å². The van der Waals surface area contributed by atoms with Crippen molar-refractivity contribution in [3.63, 3.8) is 0 Å². The second-order valence-electron chi connectivity index (χ2n) is 7.64. The predicted molar refractivity (Wildman–Crippen MR) is 105 cm³/mol. The van der Waals surface area contributed by atoms with E-state index in [1.807, 2.05) is 17.0 Å². The Morgan fingerprint density at radius 2 is 2.04 bits per heavy atom. The van der Waals surface area contributed by atoms with Crippen molar-refractivity contribution in [2.75, 3.05) is 25.6 Å². The van der Waals surface area contributed by atoms with Crippen LogP contribution in [0.1, 0.15) is 6.92 Å². The summed E-state index contributed by atoms with van der Waals surface area (Å²) in [6.07, 6.45) is 0. The van der Waals surface area contributed by atoms with Crippen LogP contribution in [0.25, 0.3) is 0 Å². The van der Waals surface area contributed by atoms with E-state index in [0.29, 0.717) is 29.1 Å². The molecule has 2 fully saturated rings. The maximum atomic E-state index is 13.5. The summed E-state index contributed by atoms with van der Waals surface area (Å²) in [6, 6.07) is 7.44. The highest BCUT2D eigenvalue weighted by molar-refractivity contribution is 7.80. The van der Waals surface area contributed by atoms with E-state index in [0.717, 1.165) is 4.90 Å². The first-order chi connectivity index (χ1) is 13.4. The molecule has 3 N–H and O–H groups in total. The fourth-order valence-electron chi connectivity index (χ4n) is 4.98. The molecule has 4 aliphatic rings. The maximum absolute atomic E-state index is 13.5. The molecule has 146 valence electrons. The number of hydrogen-bond donors (Lipinski definition) is 4. The number of nitrogens with zero attached hydrogens (tertiary/aromatic N) is 1. The molecule has 2 saturated heterocycles. The van der Waals surface area contributed by atoms with Crippen LogP contribution in [-0.4, -0.2) is 59.6 Å².